The molecule has 9 nitrogen and oxygen atoms in total. The zero-order valence-corrected chi connectivity index (χ0v) is 19.4. The van der Waals surface area contributed by atoms with Gasteiger partial charge in [0.15, 0.2) is 0 Å². The highest BCUT2D eigenvalue weighted by Crippen LogP contribution is 2.25. The number of aromatic nitrogens is 2. The molecule has 0 aliphatic rings. The maximum Gasteiger partial charge on any atom is 0.339 e. The highest BCUT2D eigenvalue weighted by Gasteiger charge is 2.21. The number of esters is 1. The van der Waals surface area contributed by atoms with Crippen molar-refractivity contribution in [3.8, 4) is 11.4 Å². The van der Waals surface area contributed by atoms with Crippen molar-refractivity contribution in [3.05, 3.63) is 98.7 Å². The Morgan fingerprint density at radius 3 is 2.40 bits per heavy atom. The minimum Gasteiger partial charge on any atom is -0.495 e. The molecule has 0 aliphatic carbocycles. The SMILES string of the molecule is COC(=O)c1ccccc1-n1c(=O)c2ccccc2n(CC(=O)Nc2cc(C)ccc2OC)c1=O. The number of rotatable bonds is 6. The number of hydrogen-bond donors (Lipinski definition) is 1. The molecule has 0 aliphatic heterocycles. The van der Waals surface area contributed by atoms with Crippen LogP contribution in [0.3, 0.4) is 0 Å². The van der Waals surface area contributed by atoms with Gasteiger partial charge in [-0.3, -0.25) is 14.2 Å². The Morgan fingerprint density at radius 2 is 1.66 bits per heavy atom. The molecular formula is C26H23N3O6. The summed E-state index contributed by atoms with van der Waals surface area (Å²) in [6, 6.07) is 18.0. The number of fused-ring (bicyclic) bond motifs is 1. The number of carbonyl (C=O) groups excluding carboxylic acids is 2. The second kappa shape index (κ2) is 9.68. The summed E-state index contributed by atoms with van der Waals surface area (Å²) in [6.45, 7) is 1.50. The Morgan fingerprint density at radius 1 is 0.943 bits per heavy atom. The van der Waals surface area contributed by atoms with E-state index in [0.29, 0.717) is 17.0 Å². The summed E-state index contributed by atoms with van der Waals surface area (Å²) in [4.78, 5) is 52.3. The standard InChI is InChI=1S/C26H23N3O6/c1-16-12-13-22(34-2)19(14-16)27-23(30)15-28-20-10-6-4-8-17(20)24(31)29(26(28)33)21-11-7-5-9-18(21)25(32)35-3/h4-14H,15H2,1-3H3,(H,27,30). The van der Waals surface area contributed by atoms with Crippen LogP contribution in [0.15, 0.2) is 76.3 Å². The number of nitrogens with zero attached hydrogens (tertiary/aromatic N) is 2. The van der Waals surface area contributed by atoms with Crippen LogP contribution < -0.4 is 21.3 Å². The lowest BCUT2D eigenvalue weighted by atomic mass is 10.1. The molecule has 0 unspecified atom stereocenters. The van der Waals surface area contributed by atoms with Crippen molar-refractivity contribution < 1.29 is 19.1 Å². The third-order valence-corrected chi connectivity index (χ3v) is 5.53. The zero-order valence-electron chi connectivity index (χ0n) is 19.4. The van der Waals surface area contributed by atoms with Gasteiger partial charge >= 0.3 is 11.7 Å². The van der Waals surface area contributed by atoms with Gasteiger partial charge < -0.3 is 14.8 Å². The molecule has 1 aromatic heterocycles. The van der Waals surface area contributed by atoms with Gasteiger partial charge in [-0.15, -0.1) is 0 Å². The fourth-order valence-corrected chi connectivity index (χ4v) is 3.89. The summed E-state index contributed by atoms with van der Waals surface area (Å²) in [5, 5.41) is 2.99. The summed E-state index contributed by atoms with van der Waals surface area (Å²) in [5.41, 5.74) is 0.395. The van der Waals surface area contributed by atoms with Crippen LogP contribution in [-0.2, 0) is 16.1 Å². The maximum atomic E-state index is 13.6. The lowest BCUT2D eigenvalue weighted by Gasteiger charge is -2.16. The fourth-order valence-electron chi connectivity index (χ4n) is 3.89. The predicted molar refractivity (Wildman–Crippen MR) is 132 cm³/mol. The van der Waals surface area contributed by atoms with Crippen LogP contribution in [0.5, 0.6) is 5.75 Å². The highest BCUT2D eigenvalue weighted by atomic mass is 16.5. The Bertz CT molecular complexity index is 1570. The lowest BCUT2D eigenvalue weighted by Crippen LogP contribution is -2.41. The van der Waals surface area contributed by atoms with Gasteiger partial charge in [0.1, 0.15) is 12.3 Å². The van der Waals surface area contributed by atoms with Crippen molar-refractivity contribution in [3.63, 3.8) is 0 Å². The first-order chi connectivity index (χ1) is 16.8. The van der Waals surface area contributed by atoms with Crippen molar-refractivity contribution in [2.24, 2.45) is 0 Å². The van der Waals surface area contributed by atoms with Crippen LogP contribution in [0.4, 0.5) is 5.69 Å². The average molecular weight is 473 g/mol. The van der Waals surface area contributed by atoms with E-state index < -0.39 is 23.1 Å². The molecule has 4 aromatic rings. The molecule has 9 heteroatoms. The first-order valence-corrected chi connectivity index (χ1v) is 10.7. The predicted octanol–water partition coefficient (Wildman–Crippen LogP) is 2.89. The summed E-state index contributed by atoms with van der Waals surface area (Å²) in [5.74, 6) is -0.721. The van der Waals surface area contributed by atoms with E-state index >= 15 is 0 Å². The van der Waals surface area contributed by atoms with Crippen LogP contribution in [0.2, 0.25) is 0 Å². The van der Waals surface area contributed by atoms with E-state index in [0.717, 1.165) is 10.1 Å². The Kier molecular flexibility index (Phi) is 6.50. The molecule has 1 heterocycles. The minimum atomic E-state index is -0.767. The van der Waals surface area contributed by atoms with Gasteiger partial charge in [-0.2, -0.15) is 0 Å². The van der Waals surface area contributed by atoms with E-state index in [1.165, 1.54) is 30.9 Å². The summed E-state index contributed by atoms with van der Waals surface area (Å²) < 4.78 is 12.2. The number of benzene rings is 3. The van der Waals surface area contributed by atoms with Gasteiger partial charge in [-0.05, 0) is 48.9 Å². The van der Waals surface area contributed by atoms with Gasteiger partial charge in [0.25, 0.3) is 5.56 Å². The van der Waals surface area contributed by atoms with Crippen molar-refractivity contribution in [1.29, 1.82) is 0 Å². The van der Waals surface area contributed by atoms with Crippen LogP contribution in [0.1, 0.15) is 15.9 Å². The zero-order chi connectivity index (χ0) is 25.1. The summed E-state index contributed by atoms with van der Waals surface area (Å²) >= 11 is 0. The van der Waals surface area contributed by atoms with Crippen molar-refractivity contribution in [1.82, 2.24) is 9.13 Å². The van der Waals surface area contributed by atoms with Crippen LogP contribution in [0.25, 0.3) is 16.6 Å². The van der Waals surface area contributed by atoms with Gasteiger partial charge in [-0.1, -0.05) is 30.3 Å². The molecule has 0 saturated carbocycles. The normalized spacial score (nSPS) is 10.7. The highest BCUT2D eigenvalue weighted by molar-refractivity contribution is 5.94. The Balaban J connectivity index is 1.87. The molecule has 3 aromatic carbocycles. The molecule has 178 valence electrons. The summed E-state index contributed by atoms with van der Waals surface area (Å²) in [7, 11) is 2.71. The molecule has 0 spiro atoms. The number of methoxy groups -OCH3 is 2. The van der Waals surface area contributed by atoms with Crippen LogP contribution >= 0.6 is 0 Å². The first kappa shape index (κ1) is 23.5. The second-order valence-electron chi connectivity index (χ2n) is 7.79. The molecule has 1 N–H and O–H groups in total. The molecule has 0 bridgehead atoms. The topological polar surface area (TPSA) is 109 Å². The number of aryl methyl sites for hydroxylation is 1. The monoisotopic (exact) mass is 473 g/mol. The van der Waals surface area contributed by atoms with Gasteiger partial charge in [0.2, 0.25) is 5.91 Å². The first-order valence-electron chi connectivity index (χ1n) is 10.7. The van der Waals surface area contributed by atoms with Crippen molar-refractivity contribution in [2.45, 2.75) is 13.5 Å². The quantitative estimate of drug-likeness (QED) is 0.432. The van der Waals surface area contributed by atoms with E-state index in [-0.39, 0.29) is 23.2 Å². The number of amides is 1. The maximum absolute atomic E-state index is 13.6. The minimum absolute atomic E-state index is 0.0463. The number of ether oxygens (including phenoxy) is 2. The van der Waals surface area contributed by atoms with Crippen molar-refractivity contribution in [2.75, 3.05) is 19.5 Å². The smallest absolute Gasteiger partial charge is 0.339 e. The molecule has 35 heavy (non-hydrogen) atoms. The van der Waals surface area contributed by atoms with Gasteiger partial charge in [-0.25, -0.2) is 14.2 Å². The number of carbonyl (C=O) groups is 2. The molecule has 0 fully saturated rings. The second-order valence-corrected chi connectivity index (χ2v) is 7.79. The van der Waals surface area contributed by atoms with Crippen molar-refractivity contribution >= 4 is 28.5 Å². The molecule has 0 atom stereocenters. The Hall–Kier alpha value is -4.66. The molecular weight excluding hydrogens is 450 g/mol. The molecule has 4 rings (SSSR count). The molecule has 0 saturated heterocycles. The average Bonchev–Trinajstić information content (AvgIpc) is 2.86. The van der Waals surface area contributed by atoms with E-state index in [2.05, 4.69) is 5.32 Å². The number of para-hydroxylation sites is 2. The molecule has 1 amide bonds. The third-order valence-electron chi connectivity index (χ3n) is 5.53. The van der Waals surface area contributed by atoms with E-state index in [1.54, 1.807) is 48.5 Å². The number of hydrogen-bond acceptors (Lipinski definition) is 6. The Labute approximate surface area is 200 Å². The lowest BCUT2D eigenvalue weighted by molar-refractivity contribution is -0.116. The van der Waals surface area contributed by atoms with Gasteiger partial charge in [0, 0.05) is 0 Å². The van der Waals surface area contributed by atoms with E-state index in [9.17, 15) is 19.2 Å². The van der Waals surface area contributed by atoms with E-state index in [1.807, 2.05) is 13.0 Å². The fraction of sp³-hybridized carbons (Fsp3) is 0.154. The molecule has 0 radical (unpaired) electrons. The van der Waals surface area contributed by atoms with Crippen LogP contribution in [-0.4, -0.2) is 35.2 Å². The van der Waals surface area contributed by atoms with E-state index in [4.69, 9.17) is 9.47 Å². The number of nitrogens with one attached hydrogen (secondary N) is 1. The summed E-state index contributed by atoms with van der Waals surface area (Å²) in [6.07, 6.45) is 0. The number of anilines is 1. The van der Waals surface area contributed by atoms with Gasteiger partial charge in [0.05, 0.1) is 42.1 Å². The van der Waals surface area contributed by atoms with Crippen LogP contribution in [0, 0.1) is 6.92 Å². The third kappa shape index (κ3) is 4.43. The largest absolute Gasteiger partial charge is 0.495 e.